The number of nitrogens with one attached hydrogen (secondary N) is 2. The van der Waals surface area contributed by atoms with Gasteiger partial charge in [0.15, 0.2) is 5.82 Å². The van der Waals surface area contributed by atoms with Crippen LogP contribution >= 0.6 is 11.6 Å². The monoisotopic (exact) mass is 381 g/mol. The van der Waals surface area contributed by atoms with Crippen LogP contribution < -0.4 is 10.6 Å². The maximum Gasteiger partial charge on any atom is 0.252 e. The first-order valence-electron chi connectivity index (χ1n) is 8.40. The van der Waals surface area contributed by atoms with Crippen molar-refractivity contribution in [1.82, 2.24) is 14.8 Å². The summed E-state index contributed by atoms with van der Waals surface area (Å²) in [5.41, 5.74) is 2.34. The van der Waals surface area contributed by atoms with Gasteiger partial charge in [0.2, 0.25) is 11.9 Å². The number of benzene rings is 2. The van der Waals surface area contributed by atoms with E-state index in [1.165, 1.54) is 4.68 Å². The van der Waals surface area contributed by atoms with Crippen LogP contribution in [0.2, 0.25) is 5.02 Å². The van der Waals surface area contributed by atoms with Gasteiger partial charge in [0.1, 0.15) is 6.04 Å². The Kier molecular flexibility index (Phi) is 4.37. The summed E-state index contributed by atoms with van der Waals surface area (Å²) in [6.45, 7) is 1.87. The molecular formula is C19H16ClN5O2. The molecule has 1 atom stereocenters. The third kappa shape index (κ3) is 3.41. The molecule has 27 heavy (non-hydrogen) atoms. The first kappa shape index (κ1) is 17.2. The lowest BCUT2D eigenvalue weighted by Gasteiger charge is -2.11. The predicted octanol–water partition coefficient (Wildman–Crippen LogP) is 3.43. The molecule has 0 radical (unpaired) electrons. The number of hydrogen-bond acceptors (Lipinski definition) is 4. The SMILES string of the molecule is Cc1ccc(Cl)cc1NC(=O)C[C@H]1C(=O)Nc2nc(-c3ccccc3)nn21. The Bertz CT molecular complexity index is 1030. The fraction of sp³-hybridized carbons (Fsp3) is 0.158. The zero-order chi connectivity index (χ0) is 19.0. The highest BCUT2D eigenvalue weighted by Crippen LogP contribution is 2.29. The molecule has 3 aromatic rings. The number of hydrogen-bond donors (Lipinski definition) is 2. The van der Waals surface area contributed by atoms with Crippen molar-refractivity contribution in [3.05, 3.63) is 59.1 Å². The molecule has 4 rings (SSSR count). The summed E-state index contributed by atoms with van der Waals surface area (Å²) in [5, 5.41) is 10.4. The lowest BCUT2D eigenvalue weighted by Crippen LogP contribution is -2.24. The molecule has 0 fully saturated rings. The van der Waals surface area contributed by atoms with Gasteiger partial charge in [-0.3, -0.25) is 14.9 Å². The second kappa shape index (κ2) is 6.85. The Morgan fingerprint density at radius 2 is 2.04 bits per heavy atom. The van der Waals surface area contributed by atoms with Crippen molar-refractivity contribution in [3.63, 3.8) is 0 Å². The Morgan fingerprint density at radius 1 is 1.26 bits per heavy atom. The zero-order valence-corrected chi connectivity index (χ0v) is 15.2. The van der Waals surface area contributed by atoms with Gasteiger partial charge in [-0.2, -0.15) is 4.98 Å². The second-order valence-electron chi connectivity index (χ2n) is 6.29. The van der Waals surface area contributed by atoms with Crippen LogP contribution in [-0.2, 0) is 9.59 Å². The number of fused-ring (bicyclic) bond motifs is 1. The minimum Gasteiger partial charge on any atom is -0.326 e. The van der Waals surface area contributed by atoms with E-state index in [4.69, 9.17) is 11.6 Å². The molecule has 1 aromatic heterocycles. The van der Waals surface area contributed by atoms with Gasteiger partial charge in [-0.25, -0.2) is 4.68 Å². The van der Waals surface area contributed by atoms with Crippen LogP contribution in [0.25, 0.3) is 11.4 Å². The van der Waals surface area contributed by atoms with Gasteiger partial charge < -0.3 is 5.32 Å². The number of halogens is 1. The van der Waals surface area contributed by atoms with E-state index in [9.17, 15) is 9.59 Å². The van der Waals surface area contributed by atoms with Gasteiger partial charge in [0.25, 0.3) is 5.91 Å². The van der Waals surface area contributed by atoms with Crippen molar-refractivity contribution in [1.29, 1.82) is 0 Å². The normalized spacial score (nSPS) is 15.3. The van der Waals surface area contributed by atoms with Gasteiger partial charge in [0, 0.05) is 16.3 Å². The van der Waals surface area contributed by atoms with E-state index in [1.807, 2.05) is 43.3 Å². The van der Waals surface area contributed by atoms with E-state index in [2.05, 4.69) is 20.7 Å². The number of carbonyl (C=O) groups is 2. The highest BCUT2D eigenvalue weighted by molar-refractivity contribution is 6.31. The molecule has 0 bridgehead atoms. The van der Waals surface area contributed by atoms with Crippen LogP contribution in [-0.4, -0.2) is 26.6 Å². The Hall–Kier alpha value is -3.19. The molecule has 0 spiro atoms. The number of anilines is 2. The molecule has 1 aliphatic rings. The van der Waals surface area contributed by atoms with Crippen LogP contribution in [0.4, 0.5) is 11.6 Å². The molecule has 2 aromatic carbocycles. The van der Waals surface area contributed by atoms with Crippen molar-refractivity contribution in [2.75, 3.05) is 10.6 Å². The zero-order valence-electron chi connectivity index (χ0n) is 14.4. The number of aryl methyl sites for hydroxylation is 1. The molecule has 0 saturated carbocycles. The first-order chi connectivity index (χ1) is 13.0. The summed E-state index contributed by atoms with van der Waals surface area (Å²) >= 11 is 5.98. The van der Waals surface area contributed by atoms with Gasteiger partial charge >= 0.3 is 0 Å². The maximum absolute atomic E-state index is 12.5. The van der Waals surface area contributed by atoms with E-state index < -0.39 is 6.04 Å². The van der Waals surface area contributed by atoms with Crippen molar-refractivity contribution >= 4 is 35.1 Å². The highest BCUT2D eigenvalue weighted by Gasteiger charge is 2.35. The molecule has 0 saturated heterocycles. The minimum absolute atomic E-state index is 0.0532. The average Bonchev–Trinajstić information content (AvgIpc) is 3.18. The van der Waals surface area contributed by atoms with Crippen molar-refractivity contribution < 1.29 is 9.59 Å². The fourth-order valence-electron chi connectivity index (χ4n) is 2.92. The topological polar surface area (TPSA) is 88.9 Å². The molecule has 2 N–H and O–H groups in total. The maximum atomic E-state index is 12.5. The van der Waals surface area contributed by atoms with Crippen molar-refractivity contribution in [2.24, 2.45) is 0 Å². The average molecular weight is 382 g/mol. The number of rotatable bonds is 4. The van der Waals surface area contributed by atoms with Gasteiger partial charge in [-0.1, -0.05) is 48.0 Å². The summed E-state index contributed by atoms with van der Waals surface area (Å²) in [6.07, 6.45) is -0.0532. The predicted molar refractivity (Wildman–Crippen MR) is 103 cm³/mol. The van der Waals surface area contributed by atoms with E-state index in [-0.39, 0.29) is 18.2 Å². The van der Waals surface area contributed by atoms with E-state index >= 15 is 0 Å². The summed E-state index contributed by atoms with van der Waals surface area (Å²) in [6, 6.07) is 14.0. The van der Waals surface area contributed by atoms with Gasteiger partial charge in [0.05, 0.1) is 6.42 Å². The van der Waals surface area contributed by atoms with Crippen LogP contribution in [0.15, 0.2) is 48.5 Å². The summed E-state index contributed by atoms with van der Waals surface area (Å²) in [4.78, 5) is 29.1. The Balaban J connectivity index is 1.53. The lowest BCUT2D eigenvalue weighted by atomic mass is 10.1. The van der Waals surface area contributed by atoms with Crippen LogP contribution in [0, 0.1) is 6.92 Å². The fourth-order valence-corrected chi connectivity index (χ4v) is 3.10. The van der Waals surface area contributed by atoms with Gasteiger partial charge in [-0.05, 0) is 24.6 Å². The van der Waals surface area contributed by atoms with Gasteiger partial charge in [-0.15, -0.1) is 5.10 Å². The molecule has 136 valence electrons. The van der Waals surface area contributed by atoms with Crippen LogP contribution in [0.3, 0.4) is 0 Å². The van der Waals surface area contributed by atoms with E-state index in [1.54, 1.807) is 12.1 Å². The number of aromatic nitrogens is 3. The van der Waals surface area contributed by atoms with E-state index in [0.29, 0.717) is 22.5 Å². The largest absolute Gasteiger partial charge is 0.326 e. The third-order valence-electron chi connectivity index (χ3n) is 4.35. The van der Waals surface area contributed by atoms with Crippen molar-refractivity contribution in [2.45, 2.75) is 19.4 Å². The molecule has 7 nitrogen and oxygen atoms in total. The van der Waals surface area contributed by atoms with E-state index in [0.717, 1.165) is 11.1 Å². The molecule has 0 aliphatic carbocycles. The minimum atomic E-state index is -0.746. The number of carbonyl (C=O) groups excluding carboxylic acids is 2. The van der Waals surface area contributed by atoms with Crippen LogP contribution in [0.5, 0.6) is 0 Å². The number of amides is 2. The Morgan fingerprint density at radius 3 is 2.81 bits per heavy atom. The molecular weight excluding hydrogens is 366 g/mol. The lowest BCUT2D eigenvalue weighted by molar-refractivity contribution is -0.123. The molecule has 0 unspecified atom stereocenters. The third-order valence-corrected chi connectivity index (χ3v) is 4.58. The number of nitrogens with zero attached hydrogens (tertiary/aromatic N) is 3. The quantitative estimate of drug-likeness (QED) is 0.724. The molecule has 2 amide bonds. The molecule has 1 aliphatic heterocycles. The molecule has 8 heteroatoms. The van der Waals surface area contributed by atoms with Crippen molar-refractivity contribution in [3.8, 4) is 11.4 Å². The van der Waals surface area contributed by atoms with Crippen LogP contribution in [0.1, 0.15) is 18.0 Å². The first-order valence-corrected chi connectivity index (χ1v) is 8.78. The molecule has 2 heterocycles. The summed E-state index contributed by atoms with van der Waals surface area (Å²) in [7, 11) is 0. The Labute approximate surface area is 160 Å². The highest BCUT2D eigenvalue weighted by atomic mass is 35.5. The summed E-state index contributed by atoms with van der Waals surface area (Å²) < 4.78 is 1.47. The second-order valence-corrected chi connectivity index (χ2v) is 6.72. The summed E-state index contributed by atoms with van der Waals surface area (Å²) in [5.74, 6) is 0.241. The standard InChI is InChI=1S/C19H16ClN5O2/c1-11-7-8-13(20)9-14(11)21-16(26)10-15-18(27)23-19-22-17(24-25(15)19)12-5-3-2-4-6-12/h2-9,15H,10H2,1H3,(H,21,26)(H,22,23,24,27)/t15-/m0/s1. The smallest absolute Gasteiger partial charge is 0.252 e.